The molecule has 0 aliphatic carbocycles. The molecule has 2 aromatic rings. The van der Waals surface area contributed by atoms with Crippen LogP contribution in [0.4, 0.5) is 5.69 Å². The van der Waals surface area contributed by atoms with E-state index in [0.717, 1.165) is 40.3 Å². The Labute approximate surface area is 122 Å². The summed E-state index contributed by atoms with van der Waals surface area (Å²) in [6.07, 6.45) is 1.83. The van der Waals surface area contributed by atoms with Crippen LogP contribution >= 0.6 is 11.3 Å². The largest absolute Gasteiger partial charge is 0.326 e. The first-order chi connectivity index (χ1) is 9.61. The molecule has 2 N–H and O–H groups in total. The van der Waals surface area contributed by atoms with Gasteiger partial charge in [-0.3, -0.25) is 4.79 Å². The van der Waals surface area contributed by atoms with E-state index in [-0.39, 0.29) is 11.8 Å². The van der Waals surface area contributed by atoms with Crippen molar-refractivity contribution in [2.24, 2.45) is 5.92 Å². The van der Waals surface area contributed by atoms with E-state index in [1.165, 1.54) is 0 Å². The quantitative estimate of drug-likeness (QED) is 0.893. The van der Waals surface area contributed by atoms with Gasteiger partial charge in [-0.1, -0.05) is 0 Å². The molecule has 0 spiro atoms. The predicted octanol–water partition coefficient (Wildman–Crippen LogP) is 2.93. The van der Waals surface area contributed by atoms with Gasteiger partial charge in [0.05, 0.1) is 15.2 Å². The van der Waals surface area contributed by atoms with Gasteiger partial charge in [0, 0.05) is 17.6 Å². The fourth-order valence-electron chi connectivity index (χ4n) is 2.73. The lowest BCUT2D eigenvalue weighted by Gasteiger charge is -2.27. The van der Waals surface area contributed by atoms with Crippen LogP contribution in [0.2, 0.25) is 0 Å². The van der Waals surface area contributed by atoms with Crippen LogP contribution in [0.15, 0.2) is 18.2 Å². The molecule has 20 heavy (non-hydrogen) atoms. The Kier molecular flexibility index (Phi) is 3.72. The number of amides is 1. The lowest BCUT2D eigenvalue weighted by atomic mass is 9.92. The molecule has 106 valence electrons. The van der Waals surface area contributed by atoms with Crippen LogP contribution < -0.4 is 10.6 Å². The molecule has 1 aliphatic rings. The van der Waals surface area contributed by atoms with Gasteiger partial charge in [-0.25, -0.2) is 4.98 Å². The fourth-order valence-corrected chi connectivity index (χ4v) is 3.60. The number of hydrogen-bond acceptors (Lipinski definition) is 4. The van der Waals surface area contributed by atoms with E-state index in [1.54, 1.807) is 11.3 Å². The van der Waals surface area contributed by atoms with Crippen molar-refractivity contribution in [3.63, 3.8) is 0 Å². The first kappa shape index (κ1) is 13.5. The Balaban J connectivity index is 1.73. The average molecular weight is 289 g/mol. The molecule has 1 amide bonds. The van der Waals surface area contributed by atoms with Crippen LogP contribution in [0.3, 0.4) is 0 Å². The van der Waals surface area contributed by atoms with E-state index < -0.39 is 0 Å². The highest BCUT2D eigenvalue weighted by Crippen LogP contribution is 2.25. The van der Waals surface area contributed by atoms with E-state index in [1.807, 2.05) is 25.1 Å². The van der Waals surface area contributed by atoms with E-state index >= 15 is 0 Å². The highest BCUT2D eigenvalue weighted by Gasteiger charge is 2.24. The maximum Gasteiger partial charge on any atom is 0.227 e. The topological polar surface area (TPSA) is 54.0 Å². The fraction of sp³-hybridized carbons (Fsp3) is 0.467. The number of fused-ring (bicyclic) bond motifs is 1. The normalized spacial score (nSPS) is 22.9. The summed E-state index contributed by atoms with van der Waals surface area (Å²) >= 11 is 1.66. The van der Waals surface area contributed by atoms with Crippen LogP contribution in [-0.4, -0.2) is 23.5 Å². The number of aryl methyl sites for hydroxylation is 1. The van der Waals surface area contributed by atoms with Gasteiger partial charge in [-0.05, 0) is 51.4 Å². The third-order valence-electron chi connectivity index (χ3n) is 3.76. The summed E-state index contributed by atoms with van der Waals surface area (Å²) in [6.45, 7) is 5.05. The van der Waals surface area contributed by atoms with Gasteiger partial charge in [0.2, 0.25) is 5.91 Å². The van der Waals surface area contributed by atoms with E-state index in [9.17, 15) is 4.79 Å². The number of piperidine rings is 1. The monoisotopic (exact) mass is 289 g/mol. The number of benzene rings is 1. The number of rotatable bonds is 2. The molecule has 3 rings (SSSR count). The van der Waals surface area contributed by atoms with Crippen LogP contribution in [-0.2, 0) is 4.79 Å². The molecule has 2 unspecified atom stereocenters. The zero-order chi connectivity index (χ0) is 14.1. The Bertz CT molecular complexity index is 637. The van der Waals surface area contributed by atoms with Crippen LogP contribution in [0, 0.1) is 12.8 Å². The van der Waals surface area contributed by atoms with Gasteiger partial charge in [-0.15, -0.1) is 11.3 Å². The number of nitrogens with zero attached hydrogens (tertiary/aromatic N) is 1. The molecule has 1 aliphatic heterocycles. The van der Waals surface area contributed by atoms with Gasteiger partial charge in [0.1, 0.15) is 0 Å². The van der Waals surface area contributed by atoms with Crippen molar-refractivity contribution < 1.29 is 4.79 Å². The molecule has 5 heteroatoms. The zero-order valence-electron chi connectivity index (χ0n) is 11.8. The van der Waals surface area contributed by atoms with Crippen molar-refractivity contribution in [2.45, 2.75) is 32.7 Å². The minimum absolute atomic E-state index is 0.116. The number of aromatic nitrogens is 1. The van der Waals surface area contributed by atoms with Gasteiger partial charge in [0.25, 0.3) is 0 Å². The molecule has 2 atom stereocenters. The Morgan fingerprint density at radius 2 is 2.35 bits per heavy atom. The highest BCUT2D eigenvalue weighted by molar-refractivity contribution is 7.18. The third-order valence-corrected chi connectivity index (χ3v) is 4.69. The number of carbonyl (C=O) groups is 1. The summed E-state index contributed by atoms with van der Waals surface area (Å²) in [5.74, 6) is 0.254. The molecule has 1 fully saturated rings. The summed E-state index contributed by atoms with van der Waals surface area (Å²) in [5.41, 5.74) is 1.87. The summed E-state index contributed by atoms with van der Waals surface area (Å²) in [6, 6.07) is 6.34. The second-order valence-corrected chi connectivity index (χ2v) is 6.72. The second-order valence-electron chi connectivity index (χ2n) is 5.48. The summed E-state index contributed by atoms with van der Waals surface area (Å²) in [7, 11) is 0. The number of thiazole rings is 1. The van der Waals surface area contributed by atoms with Crippen LogP contribution in [0.1, 0.15) is 24.8 Å². The first-order valence-corrected chi connectivity index (χ1v) is 7.85. The summed E-state index contributed by atoms with van der Waals surface area (Å²) < 4.78 is 1.12. The lowest BCUT2D eigenvalue weighted by molar-refractivity contribution is -0.120. The molecule has 1 aromatic carbocycles. The molecule has 1 aromatic heterocycles. The smallest absolute Gasteiger partial charge is 0.227 e. The van der Waals surface area contributed by atoms with Crippen molar-refractivity contribution in [1.29, 1.82) is 0 Å². The zero-order valence-corrected chi connectivity index (χ0v) is 12.6. The number of carbonyl (C=O) groups excluding carboxylic acids is 1. The lowest BCUT2D eigenvalue weighted by Crippen LogP contribution is -2.40. The Morgan fingerprint density at radius 3 is 3.15 bits per heavy atom. The van der Waals surface area contributed by atoms with Gasteiger partial charge >= 0.3 is 0 Å². The van der Waals surface area contributed by atoms with Gasteiger partial charge < -0.3 is 10.6 Å². The highest BCUT2D eigenvalue weighted by atomic mass is 32.1. The van der Waals surface area contributed by atoms with Gasteiger partial charge in [0.15, 0.2) is 0 Å². The summed E-state index contributed by atoms with van der Waals surface area (Å²) in [5, 5.41) is 7.47. The maximum atomic E-state index is 12.3. The van der Waals surface area contributed by atoms with Gasteiger partial charge in [-0.2, -0.15) is 0 Å². The standard InChI is InChI=1S/C15H19N3OS/c1-9-7-11(5-6-16-9)15(19)18-12-3-4-13-14(8-12)20-10(2)17-13/h3-4,8-9,11,16H,5-7H2,1-2H3,(H,18,19). The van der Waals surface area contributed by atoms with E-state index in [2.05, 4.69) is 22.5 Å². The number of anilines is 1. The Morgan fingerprint density at radius 1 is 1.50 bits per heavy atom. The molecule has 4 nitrogen and oxygen atoms in total. The minimum atomic E-state index is 0.116. The molecule has 1 saturated heterocycles. The third kappa shape index (κ3) is 2.83. The number of hydrogen-bond donors (Lipinski definition) is 2. The molecular weight excluding hydrogens is 270 g/mol. The Hall–Kier alpha value is -1.46. The predicted molar refractivity (Wildman–Crippen MR) is 83.2 cm³/mol. The average Bonchev–Trinajstić information content (AvgIpc) is 2.78. The maximum absolute atomic E-state index is 12.3. The van der Waals surface area contributed by atoms with Crippen molar-refractivity contribution in [2.75, 3.05) is 11.9 Å². The van der Waals surface area contributed by atoms with Crippen LogP contribution in [0.5, 0.6) is 0 Å². The van der Waals surface area contributed by atoms with Crippen molar-refractivity contribution in [3.8, 4) is 0 Å². The van der Waals surface area contributed by atoms with Crippen molar-refractivity contribution in [3.05, 3.63) is 23.2 Å². The van der Waals surface area contributed by atoms with E-state index in [0.29, 0.717) is 6.04 Å². The minimum Gasteiger partial charge on any atom is -0.326 e. The SMILES string of the molecule is Cc1nc2ccc(NC(=O)C3CCNC(C)C3)cc2s1. The molecule has 2 heterocycles. The van der Waals surface area contributed by atoms with Crippen molar-refractivity contribution >= 4 is 33.1 Å². The molecule has 0 radical (unpaired) electrons. The second kappa shape index (κ2) is 5.50. The van der Waals surface area contributed by atoms with E-state index in [4.69, 9.17) is 0 Å². The summed E-state index contributed by atoms with van der Waals surface area (Å²) in [4.78, 5) is 16.7. The first-order valence-electron chi connectivity index (χ1n) is 7.03. The van der Waals surface area contributed by atoms with Crippen LogP contribution in [0.25, 0.3) is 10.2 Å². The molecular formula is C15H19N3OS. The number of nitrogens with one attached hydrogen (secondary N) is 2. The molecule has 0 bridgehead atoms. The molecule has 0 saturated carbocycles. The van der Waals surface area contributed by atoms with Crippen molar-refractivity contribution in [1.82, 2.24) is 10.3 Å².